The minimum Gasteiger partial charge on any atom is -0.507 e. The van der Waals surface area contributed by atoms with Gasteiger partial charge in [0.05, 0.1) is 27.8 Å². The number of phenols is 1. The molecule has 0 radical (unpaired) electrons. The van der Waals surface area contributed by atoms with Crippen LogP contribution in [0.5, 0.6) is 5.75 Å². The minimum absolute atomic E-state index is 0.0151. The molecule has 0 amide bonds. The molecule has 0 saturated heterocycles. The first-order valence-electron chi connectivity index (χ1n) is 22.3. The number of aromatic hydroxyl groups is 1. The van der Waals surface area contributed by atoms with Crippen molar-refractivity contribution in [3.05, 3.63) is 162 Å². The standard InChI is InChI=1S/C57H62N4O/c1-35(2)50(36(3)4)39-29-38(30-40(31-39)52-51-37(26-28-59-52)17-16-27-58-51)46-33-44(57(11,12)42-18-14-13-15-19-42)34-48-53(46)60-54(47-32-43(56(8,9)10)22-25-49(47)62)61(48)45-23-20-41(21-24-45)55(5,6)7/h13-36,50,62H,1-12H3. The van der Waals surface area contributed by atoms with Crippen molar-refractivity contribution in [2.75, 3.05) is 0 Å². The zero-order valence-electron chi connectivity index (χ0n) is 38.7. The van der Waals surface area contributed by atoms with E-state index in [0.717, 1.165) is 55.6 Å². The Hall–Kier alpha value is -6.07. The smallest absolute Gasteiger partial charge is 0.149 e. The molecule has 0 aliphatic carbocycles. The molecule has 5 aromatic carbocycles. The molecule has 5 nitrogen and oxygen atoms in total. The quantitative estimate of drug-likeness (QED) is 0.158. The largest absolute Gasteiger partial charge is 0.507 e. The van der Waals surface area contributed by atoms with Crippen molar-refractivity contribution >= 4 is 21.9 Å². The van der Waals surface area contributed by atoms with E-state index in [4.69, 9.17) is 15.0 Å². The predicted octanol–water partition coefficient (Wildman–Crippen LogP) is 15.0. The molecule has 0 aliphatic heterocycles. The number of fused-ring (bicyclic) bond motifs is 2. The van der Waals surface area contributed by atoms with Crippen LogP contribution in [0.25, 0.3) is 61.4 Å². The van der Waals surface area contributed by atoms with Crippen LogP contribution in [0.15, 0.2) is 134 Å². The lowest BCUT2D eigenvalue weighted by Crippen LogP contribution is -2.19. The van der Waals surface area contributed by atoms with Crippen molar-refractivity contribution in [1.29, 1.82) is 0 Å². The van der Waals surface area contributed by atoms with Crippen molar-refractivity contribution in [3.8, 4) is 45.2 Å². The number of phenolic OH excluding ortho intramolecular Hbond substituents is 1. The number of hydrogen-bond acceptors (Lipinski definition) is 4. The van der Waals surface area contributed by atoms with Crippen LogP contribution in [0.2, 0.25) is 0 Å². The third-order valence-corrected chi connectivity index (χ3v) is 13.0. The summed E-state index contributed by atoms with van der Waals surface area (Å²) >= 11 is 0. The average Bonchev–Trinajstić information content (AvgIpc) is 3.62. The Balaban J connectivity index is 1.52. The SMILES string of the molecule is CC(C)C(c1cc(-c2nccc3cccnc23)cc(-c2cc(C(C)(C)c3ccccc3)cc3c2nc(-c2cc(C(C)(C)C)ccc2O)n3-c2ccc(C(C)(C)C)cc2)c1)C(C)C. The molecule has 1 N–H and O–H groups in total. The highest BCUT2D eigenvalue weighted by molar-refractivity contribution is 5.99. The average molecular weight is 819 g/mol. The van der Waals surface area contributed by atoms with Crippen molar-refractivity contribution < 1.29 is 5.11 Å². The molecule has 0 aliphatic rings. The molecule has 0 saturated carbocycles. The zero-order chi connectivity index (χ0) is 44.3. The normalized spacial score (nSPS) is 12.7. The summed E-state index contributed by atoms with van der Waals surface area (Å²) in [7, 11) is 0. The van der Waals surface area contributed by atoms with Crippen LogP contribution in [0.4, 0.5) is 0 Å². The summed E-state index contributed by atoms with van der Waals surface area (Å²) in [6, 6.07) is 43.5. The molecule has 5 heteroatoms. The molecule has 62 heavy (non-hydrogen) atoms. The van der Waals surface area contributed by atoms with Crippen LogP contribution < -0.4 is 0 Å². The third kappa shape index (κ3) is 7.94. The van der Waals surface area contributed by atoms with E-state index in [1.54, 1.807) is 0 Å². The Labute approximate surface area is 369 Å². The highest BCUT2D eigenvalue weighted by Gasteiger charge is 2.30. The van der Waals surface area contributed by atoms with E-state index in [1.165, 1.54) is 22.3 Å². The van der Waals surface area contributed by atoms with Gasteiger partial charge in [0.1, 0.15) is 11.6 Å². The molecular weight excluding hydrogens is 757 g/mol. The van der Waals surface area contributed by atoms with E-state index in [2.05, 4.69) is 185 Å². The summed E-state index contributed by atoms with van der Waals surface area (Å²) in [5, 5.41) is 12.9. The highest BCUT2D eigenvalue weighted by Crippen LogP contribution is 2.45. The minimum atomic E-state index is -0.371. The van der Waals surface area contributed by atoms with E-state index >= 15 is 0 Å². The van der Waals surface area contributed by atoms with Gasteiger partial charge in [-0.3, -0.25) is 14.5 Å². The zero-order valence-corrected chi connectivity index (χ0v) is 38.7. The molecule has 8 aromatic rings. The Kier molecular flexibility index (Phi) is 11.0. The molecule has 0 bridgehead atoms. The summed E-state index contributed by atoms with van der Waals surface area (Å²) in [5.74, 6) is 1.99. The van der Waals surface area contributed by atoms with E-state index in [-0.39, 0.29) is 22.0 Å². The van der Waals surface area contributed by atoms with Gasteiger partial charge in [-0.05, 0) is 123 Å². The lowest BCUT2D eigenvalue weighted by molar-refractivity contribution is 0.388. The summed E-state index contributed by atoms with van der Waals surface area (Å²) in [6.45, 7) is 27.3. The number of pyridine rings is 2. The summed E-state index contributed by atoms with van der Waals surface area (Å²) in [6.07, 6.45) is 3.75. The number of rotatable bonds is 9. The van der Waals surface area contributed by atoms with Gasteiger partial charge in [-0.15, -0.1) is 0 Å². The second-order valence-electron chi connectivity index (χ2n) is 20.5. The van der Waals surface area contributed by atoms with Gasteiger partial charge in [0.15, 0.2) is 0 Å². The van der Waals surface area contributed by atoms with Gasteiger partial charge in [0, 0.05) is 40.0 Å². The van der Waals surface area contributed by atoms with Crippen molar-refractivity contribution in [2.24, 2.45) is 11.8 Å². The Morgan fingerprint density at radius 3 is 1.84 bits per heavy atom. The van der Waals surface area contributed by atoms with Gasteiger partial charge in [-0.2, -0.15) is 0 Å². The summed E-state index contributed by atoms with van der Waals surface area (Å²) in [5.41, 5.74) is 13.9. The molecule has 0 fully saturated rings. The topological polar surface area (TPSA) is 63.8 Å². The summed E-state index contributed by atoms with van der Waals surface area (Å²) in [4.78, 5) is 15.5. The highest BCUT2D eigenvalue weighted by atomic mass is 16.3. The maximum atomic E-state index is 11.8. The first-order chi connectivity index (χ1) is 29.3. The van der Waals surface area contributed by atoms with Crippen molar-refractivity contribution in [1.82, 2.24) is 19.5 Å². The first kappa shape index (κ1) is 42.6. The van der Waals surface area contributed by atoms with Gasteiger partial charge in [0.25, 0.3) is 0 Å². The second kappa shape index (κ2) is 16.0. The fourth-order valence-corrected chi connectivity index (χ4v) is 9.40. The fraction of sp³-hybridized carbons (Fsp3) is 0.316. The molecule has 0 unspecified atom stereocenters. The van der Waals surface area contributed by atoms with Crippen molar-refractivity contribution in [2.45, 2.75) is 105 Å². The van der Waals surface area contributed by atoms with E-state index in [0.29, 0.717) is 29.1 Å². The molecule has 0 spiro atoms. The van der Waals surface area contributed by atoms with Crippen LogP contribution in [-0.2, 0) is 16.2 Å². The molecule has 3 aromatic heterocycles. The lowest BCUT2D eigenvalue weighted by atomic mass is 9.76. The molecule has 8 rings (SSSR count). The third-order valence-electron chi connectivity index (χ3n) is 13.0. The van der Waals surface area contributed by atoms with Crippen LogP contribution in [-0.4, -0.2) is 24.6 Å². The monoisotopic (exact) mass is 818 g/mol. The van der Waals surface area contributed by atoms with Gasteiger partial charge in [0.2, 0.25) is 0 Å². The van der Waals surface area contributed by atoms with Crippen LogP contribution >= 0.6 is 0 Å². The molecule has 3 heterocycles. The first-order valence-corrected chi connectivity index (χ1v) is 22.3. The number of imidazole rings is 1. The lowest BCUT2D eigenvalue weighted by Gasteiger charge is -2.28. The summed E-state index contributed by atoms with van der Waals surface area (Å²) < 4.78 is 2.27. The Morgan fingerprint density at radius 2 is 1.18 bits per heavy atom. The van der Waals surface area contributed by atoms with Gasteiger partial charge in [-0.1, -0.05) is 144 Å². The predicted molar refractivity (Wildman–Crippen MR) is 261 cm³/mol. The van der Waals surface area contributed by atoms with Gasteiger partial charge in [-0.25, -0.2) is 4.98 Å². The molecular formula is C57H62N4O. The maximum absolute atomic E-state index is 11.8. The Bertz CT molecular complexity index is 2890. The Morgan fingerprint density at radius 1 is 0.532 bits per heavy atom. The maximum Gasteiger partial charge on any atom is 0.149 e. The van der Waals surface area contributed by atoms with Crippen LogP contribution in [0.1, 0.15) is 117 Å². The molecule has 316 valence electrons. The van der Waals surface area contributed by atoms with Crippen molar-refractivity contribution in [3.63, 3.8) is 0 Å². The van der Waals surface area contributed by atoms with Gasteiger partial charge >= 0.3 is 0 Å². The van der Waals surface area contributed by atoms with E-state index in [9.17, 15) is 5.11 Å². The van der Waals surface area contributed by atoms with E-state index in [1.807, 2.05) is 36.7 Å². The number of benzene rings is 5. The van der Waals surface area contributed by atoms with Gasteiger partial charge < -0.3 is 5.11 Å². The number of nitrogens with zero attached hydrogens (tertiary/aromatic N) is 4. The molecule has 0 atom stereocenters. The second-order valence-corrected chi connectivity index (χ2v) is 20.5. The number of hydrogen-bond donors (Lipinski definition) is 1. The fourth-order valence-electron chi connectivity index (χ4n) is 9.40. The number of aromatic nitrogens is 4. The van der Waals surface area contributed by atoms with E-state index < -0.39 is 0 Å². The van der Waals surface area contributed by atoms with Crippen LogP contribution in [0.3, 0.4) is 0 Å². The van der Waals surface area contributed by atoms with Crippen LogP contribution in [0, 0.1) is 11.8 Å².